The summed E-state index contributed by atoms with van der Waals surface area (Å²) in [6, 6.07) is 9.12. The number of rotatable bonds is 9. The highest BCUT2D eigenvalue weighted by Crippen LogP contribution is 2.32. The molecular weight excluding hydrogens is 478 g/mol. The molecule has 0 aromatic carbocycles. The van der Waals surface area contributed by atoms with Crippen molar-refractivity contribution in [2.24, 2.45) is 5.92 Å². The number of hydrogen-bond donors (Lipinski definition) is 5. The molecule has 0 aliphatic heterocycles. The van der Waals surface area contributed by atoms with E-state index in [4.69, 9.17) is 10.4 Å². The summed E-state index contributed by atoms with van der Waals surface area (Å²) in [5.41, 5.74) is 1.48. The van der Waals surface area contributed by atoms with Crippen molar-refractivity contribution in [2.75, 3.05) is 18.4 Å². The first-order valence-electron chi connectivity index (χ1n) is 11.7. The standard InChI is InChI=1S/C25H27N7O5/c1-25(2,37)22(33)13-28-23(34)18-12-27-20(21-4-3-17-7-15(9-26)11-30-32(17)21)8-19(18)31-16-5-14(6-16)10-29-24(35)36/h3-4,7-8,11-12,14,16,29,37H,5-6,10,13H2,1-2H3,(H,27,31)(H,28,34)(H,35,36)/t14-,16-. The summed E-state index contributed by atoms with van der Waals surface area (Å²) in [5, 5.41) is 40.4. The van der Waals surface area contributed by atoms with Gasteiger partial charge in [0.1, 0.15) is 11.7 Å². The van der Waals surface area contributed by atoms with Gasteiger partial charge in [0, 0.05) is 18.8 Å². The highest BCUT2D eigenvalue weighted by Gasteiger charge is 2.31. The number of carbonyl (C=O) groups is 3. The van der Waals surface area contributed by atoms with E-state index in [-0.39, 0.29) is 24.1 Å². The summed E-state index contributed by atoms with van der Waals surface area (Å²) in [6.07, 6.45) is 3.22. The first-order valence-corrected chi connectivity index (χ1v) is 11.7. The molecule has 3 aromatic heterocycles. The Labute approximate surface area is 212 Å². The molecule has 0 bridgehead atoms. The molecule has 0 spiro atoms. The Morgan fingerprint density at radius 3 is 2.62 bits per heavy atom. The van der Waals surface area contributed by atoms with Crippen LogP contribution in [0.3, 0.4) is 0 Å². The lowest BCUT2D eigenvalue weighted by molar-refractivity contribution is -0.132. The highest BCUT2D eigenvalue weighted by atomic mass is 16.4. The largest absolute Gasteiger partial charge is 0.465 e. The number of carboxylic acid groups (broad SMARTS) is 1. The summed E-state index contributed by atoms with van der Waals surface area (Å²) in [7, 11) is 0. The number of nitrogens with one attached hydrogen (secondary N) is 3. The Kier molecular flexibility index (Phi) is 7.08. The van der Waals surface area contributed by atoms with Gasteiger partial charge >= 0.3 is 6.09 Å². The molecule has 1 fully saturated rings. The average Bonchev–Trinajstić information content (AvgIpc) is 3.25. The van der Waals surface area contributed by atoms with Crippen molar-refractivity contribution in [3.8, 4) is 17.5 Å². The molecule has 12 nitrogen and oxygen atoms in total. The zero-order chi connectivity index (χ0) is 26.7. The molecule has 0 saturated heterocycles. The number of pyridine rings is 1. The normalized spacial score (nSPS) is 16.9. The third-order valence-corrected chi connectivity index (χ3v) is 6.27. The van der Waals surface area contributed by atoms with Gasteiger partial charge in [0.05, 0.1) is 46.5 Å². The second-order valence-corrected chi connectivity index (χ2v) is 9.56. The second-order valence-electron chi connectivity index (χ2n) is 9.56. The number of ketones is 1. The monoisotopic (exact) mass is 505 g/mol. The lowest BCUT2D eigenvalue weighted by Crippen LogP contribution is -2.42. The maximum Gasteiger partial charge on any atom is 0.404 e. The van der Waals surface area contributed by atoms with Crippen LogP contribution in [0.25, 0.3) is 16.9 Å². The van der Waals surface area contributed by atoms with Crippen LogP contribution in [-0.4, -0.2) is 67.3 Å². The molecule has 0 atom stereocenters. The SMILES string of the molecule is CC(C)(O)C(=O)CNC(=O)c1cnc(-c2ccc3cc(C#N)cnn23)cc1N[C@H]1C[C@H](CNC(=O)O)C1. The Bertz CT molecular complexity index is 1400. The minimum absolute atomic E-state index is 0.0146. The van der Waals surface area contributed by atoms with E-state index in [1.165, 1.54) is 26.2 Å². The summed E-state index contributed by atoms with van der Waals surface area (Å²) in [5.74, 6) is -0.876. The molecule has 2 amide bonds. The fraction of sp³-hybridized carbons (Fsp3) is 0.360. The van der Waals surface area contributed by atoms with E-state index in [9.17, 15) is 19.5 Å². The first kappa shape index (κ1) is 25.6. The number of aliphatic hydroxyl groups is 1. The summed E-state index contributed by atoms with van der Waals surface area (Å²) in [6.45, 7) is 2.72. The lowest BCUT2D eigenvalue weighted by Gasteiger charge is -2.36. The molecule has 1 saturated carbocycles. The maximum atomic E-state index is 13.0. The number of amides is 2. The molecule has 192 valence electrons. The average molecular weight is 506 g/mol. The Morgan fingerprint density at radius 1 is 1.19 bits per heavy atom. The van der Waals surface area contributed by atoms with Crippen LogP contribution in [0.15, 0.2) is 36.7 Å². The van der Waals surface area contributed by atoms with E-state index in [1.54, 1.807) is 16.6 Å². The minimum Gasteiger partial charge on any atom is -0.465 e. The minimum atomic E-state index is -1.57. The van der Waals surface area contributed by atoms with Crippen molar-refractivity contribution >= 4 is 29.0 Å². The number of hydrogen-bond acceptors (Lipinski definition) is 8. The number of anilines is 1. The van der Waals surface area contributed by atoms with E-state index < -0.39 is 23.4 Å². The molecule has 0 unspecified atom stereocenters. The summed E-state index contributed by atoms with van der Waals surface area (Å²) < 4.78 is 1.64. The van der Waals surface area contributed by atoms with Crippen molar-refractivity contribution in [1.29, 1.82) is 5.26 Å². The van der Waals surface area contributed by atoms with Gasteiger partial charge in [0.25, 0.3) is 5.91 Å². The molecule has 5 N–H and O–H groups in total. The van der Waals surface area contributed by atoms with Gasteiger partial charge in [0.15, 0.2) is 5.78 Å². The number of nitrogens with zero attached hydrogens (tertiary/aromatic N) is 4. The zero-order valence-electron chi connectivity index (χ0n) is 20.4. The van der Waals surface area contributed by atoms with E-state index in [2.05, 4.69) is 32.1 Å². The predicted molar refractivity (Wildman–Crippen MR) is 133 cm³/mol. The van der Waals surface area contributed by atoms with Gasteiger partial charge in [-0.25, -0.2) is 9.31 Å². The molecule has 12 heteroatoms. The van der Waals surface area contributed by atoms with Crippen molar-refractivity contribution < 1.29 is 24.6 Å². The molecule has 3 aromatic rings. The third kappa shape index (κ3) is 5.84. The van der Waals surface area contributed by atoms with Gasteiger partial charge in [-0.2, -0.15) is 10.4 Å². The second kappa shape index (κ2) is 10.2. The van der Waals surface area contributed by atoms with Crippen LogP contribution in [0.2, 0.25) is 0 Å². The van der Waals surface area contributed by atoms with Crippen LogP contribution < -0.4 is 16.0 Å². The molecule has 1 aliphatic rings. The zero-order valence-corrected chi connectivity index (χ0v) is 20.4. The van der Waals surface area contributed by atoms with Gasteiger partial charge in [0.2, 0.25) is 0 Å². The van der Waals surface area contributed by atoms with Crippen LogP contribution in [0.4, 0.5) is 10.5 Å². The third-order valence-electron chi connectivity index (χ3n) is 6.27. The van der Waals surface area contributed by atoms with Crippen LogP contribution >= 0.6 is 0 Å². The molecule has 37 heavy (non-hydrogen) atoms. The van der Waals surface area contributed by atoms with Gasteiger partial charge < -0.3 is 26.2 Å². The predicted octanol–water partition coefficient (Wildman–Crippen LogP) is 1.80. The molecule has 3 heterocycles. The Hall–Kier alpha value is -4.50. The van der Waals surface area contributed by atoms with E-state index in [0.717, 1.165) is 0 Å². The Balaban J connectivity index is 1.59. The molecular formula is C25H27N7O5. The number of aromatic nitrogens is 3. The van der Waals surface area contributed by atoms with Crippen LogP contribution in [0, 0.1) is 17.2 Å². The highest BCUT2D eigenvalue weighted by molar-refractivity contribution is 6.02. The fourth-order valence-electron chi connectivity index (χ4n) is 4.09. The van der Waals surface area contributed by atoms with Gasteiger partial charge in [-0.3, -0.25) is 14.6 Å². The quantitative estimate of drug-likeness (QED) is 0.289. The van der Waals surface area contributed by atoms with E-state index in [1.807, 2.05) is 12.1 Å². The van der Waals surface area contributed by atoms with Crippen molar-refractivity contribution in [1.82, 2.24) is 25.2 Å². The van der Waals surface area contributed by atoms with Crippen LogP contribution in [-0.2, 0) is 4.79 Å². The van der Waals surface area contributed by atoms with E-state index >= 15 is 0 Å². The van der Waals surface area contributed by atoms with Crippen molar-refractivity contribution in [2.45, 2.75) is 38.3 Å². The number of nitriles is 1. The smallest absolute Gasteiger partial charge is 0.404 e. The number of fused-ring (bicyclic) bond motifs is 1. The first-order chi connectivity index (χ1) is 17.5. The topological polar surface area (TPSA) is 182 Å². The van der Waals surface area contributed by atoms with Crippen LogP contribution in [0.1, 0.15) is 42.6 Å². The van der Waals surface area contributed by atoms with Gasteiger partial charge in [-0.15, -0.1) is 0 Å². The summed E-state index contributed by atoms with van der Waals surface area (Å²) >= 11 is 0. The fourth-order valence-corrected chi connectivity index (χ4v) is 4.09. The lowest BCUT2D eigenvalue weighted by atomic mass is 9.80. The van der Waals surface area contributed by atoms with Crippen molar-refractivity contribution in [3.05, 3.63) is 47.8 Å². The van der Waals surface area contributed by atoms with Crippen LogP contribution in [0.5, 0.6) is 0 Å². The van der Waals surface area contributed by atoms with Gasteiger partial charge in [-0.05, 0) is 56.9 Å². The molecule has 0 radical (unpaired) electrons. The number of Topliss-reactive ketones (excluding diaryl/α,β-unsaturated/α-hetero) is 1. The molecule has 4 rings (SSSR count). The van der Waals surface area contributed by atoms with Crippen molar-refractivity contribution in [3.63, 3.8) is 0 Å². The maximum absolute atomic E-state index is 13.0. The number of carbonyl (C=O) groups excluding carboxylic acids is 2. The van der Waals surface area contributed by atoms with E-state index in [0.29, 0.717) is 47.5 Å². The van der Waals surface area contributed by atoms with Gasteiger partial charge in [-0.1, -0.05) is 0 Å². The summed E-state index contributed by atoms with van der Waals surface area (Å²) in [4.78, 5) is 40.2. The molecule has 1 aliphatic carbocycles. The Morgan fingerprint density at radius 2 is 1.95 bits per heavy atom.